The fourth-order valence-corrected chi connectivity index (χ4v) is 0. The van der Waals surface area contributed by atoms with E-state index in [-0.39, 0.29) is 31.3 Å². The van der Waals surface area contributed by atoms with Crippen LogP contribution in [-0.2, 0) is 3.08 Å². The summed E-state index contributed by atoms with van der Waals surface area (Å²) in [5.41, 5.74) is 0. The van der Waals surface area contributed by atoms with Crippen molar-refractivity contribution in [2.24, 2.45) is 0 Å². The second-order valence-electron chi connectivity index (χ2n) is 0. The van der Waals surface area contributed by atoms with Gasteiger partial charge in [-0.1, -0.05) is 0 Å². The molecule has 0 unspecified atom stereocenters. The van der Waals surface area contributed by atoms with Gasteiger partial charge < -0.3 is 5.48 Å². The topological polar surface area (TPSA) is 48.6 Å². The van der Waals surface area contributed by atoms with Crippen LogP contribution in [0.1, 0.15) is 0 Å². The van der Waals surface area contributed by atoms with Crippen molar-refractivity contribution in [3.63, 3.8) is 0 Å². The third-order valence-corrected chi connectivity index (χ3v) is 0. The average Bonchev–Trinajstić information content (AvgIpc) is 1.00. The van der Waals surface area contributed by atoms with E-state index in [1.807, 2.05) is 0 Å². The van der Waals surface area contributed by atoms with E-state index in [9.17, 15) is 0 Å². The normalized spacial score (nSPS) is 1.00. The van der Waals surface area contributed by atoms with Crippen LogP contribution in [0, 0.1) is 0 Å². The molecule has 2 nitrogen and oxygen atoms in total. The summed E-state index contributed by atoms with van der Waals surface area (Å²) in [5.74, 6) is 0. The molecule has 0 aromatic carbocycles. The van der Waals surface area contributed by atoms with Crippen LogP contribution < -0.4 is 0 Å². The van der Waals surface area contributed by atoms with Crippen molar-refractivity contribution in [1.82, 2.24) is 0 Å². The Bertz CT molecular complexity index is 6.00. The molecule has 5 radical (unpaired) electrons. The van der Waals surface area contributed by atoms with Crippen LogP contribution in [-0.4, -0.2) is 53.8 Å². The first-order valence-corrected chi connectivity index (χ1v) is 1.37. The van der Waals surface area contributed by atoms with Gasteiger partial charge in [-0.2, -0.15) is 0 Å². The molecular formula is H2InO2Sn. The zero-order valence-corrected chi connectivity index (χ0v) is 8.14. The summed E-state index contributed by atoms with van der Waals surface area (Å²) in [4.78, 5) is 0. The van der Waals surface area contributed by atoms with Crippen molar-refractivity contribution in [3.8, 4) is 0 Å². The molecule has 0 aromatic heterocycles. The van der Waals surface area contributed by atoms with Crippen LogP contribution in [0.5, 0.6) is 0 Å². The zero-order valence-electron chi connectivity index (χ0n) is 1.99. The summed E-state index contributed by atoms with van der Waals surface area (Å²) in [7, 11) is 0. The Morgan fingerprint density at radius 3 is 1.25 bits per heavy atom. The minimum atomic E-state index is 0. The predicted molar refractivity (Wildman–Crippen MR) is 15.8 cm³/mol. The van der Waals surface area contributed by atoms with Crippen LogP contribution in [0.2, 0.25) is 0 Å². The van der Waals surface area contributed by atoms with E-state index >= 15 is 0 Å². The van der Waals surface area contributed by atoms with Gasteiger partial charge >= 0.3 is 25.6 Å². The summed E-state index contributed by atoms with van der Waals surface area (Å²) in [5, 5.41) is 0. The van der Waals surface area contributed by atoms with Gasteiger partial charge in [-0.05, 0) is 0 Å². The second kappa shape index (κ2) is 25.5. The van der Waals surface area contributed by atoms with E-state index in [1.165, 1.54) is 0 Å². The third kappa shape index (κ3) is 9.91. The fraction of sp³-hybridized carbons (Fsp3) is 0. The summed E-state index contributed by atoms with van der Waals surface area (Å²) in [6.45, 7) is 0. The Hall–Kier alpha value is 1.43. The molecule has 0 aliphatic rings. The van der Waals surface area contributed by atoms with Crippen molar-refractivity contribution in [2.75, 3.05) is 0 Å². The van der Waals surface area contributed by atoms with Crippen molar-refractivity contribution >= 4 is 48.4 Å². The molecule has 0 bridgehead atoms. The molecule has 0 fully saturated rings. The van der Waals surface area contributed by atoms with E-state index in [0.717, 1.165) is 0 Å². The Morgan fingerprint density at radius 2 is 1.25 bits per heavy atom. The van der Waals surface area contributed by atoms with Crippen molar-refractivity contribution < 1.29 is 8.55 Å². The standard InChI is InChI=1S/In.H2O.O.Sn/h;1H2;;. The predicted octanol–water partition coefficient (Wildman–Crippen LogP) is -1.71. The average molecular weight is 268 g/mol. The number of rotatable bonds is 0. The molecule has 0 rings (SSSR count). The molecule has 2 N–H and O–H groups in total. The molecular weight excluding hydrogens is 266 g/mol. The van der Waals surface area contributed by atoms with Gasteiger partial charge in [0.1, 0.15) is 0 Å². The first-order chi connectivity index (χ1) is 1.00. The Morgan fingerprint density at radius 1 is 1.25 bits per heavy atom. The molecule has 0 atom stereocenters. The molecule has 21 valence electrons. The van der Waals surface area contributed by atoms with Crippen LogP contribution >= 0.6 is 0 Å². The second-order valence-corrected chi connectivity index (χ2v) is 0. The number of hydrogen-bond donors (Lipinski definition) is 0. The molecule has 0 aliphatic carbocycles. The van der Waals surface area contributed by atoms with Crippen LogP contribution in [0.25, 0.3) is 0 Å². The van der Waals surface area contributed by atoms with E-state index in [2.05, 4.69) is 0 Å². The van der Waals surface area contributed by atoms with E-state index < -0.39 is 0 Å². The molecule has 0 amide bonds. The van der Waals surface area contributed by atoms with Crippen molar-refractivity contribution in [3.05, 3.63) is 0 Å². The Labute approximate surface area is 56.5 Å². The van der Waals surface area contributed by atoms with Gasteiger partial charge in [-0.15, -0.1) is 0 Å². The van der Waals surface area contributed by atoms with Gasteiger partial charge in [0.25, 0.3) is 0 Å². The molecule has 4 heavy (non-hydrogen) atoms. The SMILES string of the molecule is O.[In].[O]=[Sn]. The van der Waals surface area contributed by atoms with Crippen LogP contribution in [0.15, 0.2) is 0 Å². The van der Waals surface area contributed by atoms with Gasteiger partial charge in [0, 0.05) is 25.8 Å². The molecule has 0 saturated heterocycles. The first kappa shape index (κ1) is 18.1. The van der Waals surface area contributed by atoms with Crippen molar-refractivity contribution in [2.45, 2.75) is 0 Å². The zero-order chi connectivity index (χ0) is 2.00. The minimum absolute atomic E-state index is 0. The van der Waals surface area contributed by atoms with Gasteiger partial charge in [0.2, 0.25) is 0 Å². The summed E-state index contributed by atoms with van der Waals surface area (Å²) < 4.78 is 8.34. The molecule has 0 heterocycles. The van der Waals surface area contributed by atoms with E-state index in [1.54, 1.807) is 0 Å². The summed E-state index contributed by atoms with van der Waals surface area (Å²) in [6, 6.07) is 0. The number of hydrogen-bond acceptors (Lipinski definition) is 1. The van der Waals surface area contributed by atoms with Crippen molar-refractivity contribution in [1.29, 1.82) is 0 Å². The maximum absolute atomic E-state index is 8.34. The van der Waals surface area contributed by atoms with E-state index in [4.69, 9.17) is 3.08 Å². The molecule has 0 aromatic rings. The van der Waals surface area contributed by atoms with E-state index in [0.29, 0.717) is 22.5 Å². The third-order valence-electron chi connectivity index (χ3n) is 0. The fourth-order valence-electron chi connectivity index (χ4n) is 0. The Kier molecular flexibility index (Phi) is 115. The maximum atomic E-state index is 8.34. The molecule has 4 heteroatoms. The molecule has 0 saturated carbocycles. The Balaban J connectivity index is -0.00000000500. The molecule has 0 aliphatic heterocycles. The summed E-state index contributed by atoms with van der Waals surface area (Å²) >= 11 is 0.300. The first-order valence-electron chi connectivity index (χ1n) is 0.204. The monoisotopic (exact) mass is 269 g/mol. The quantitative estimate of drug-likeness (QED) is 0.483. The van der Waals surface area contributed by atoms with Gasteiger partial charge in [0.05, 0.1) is 0 Å². The summed E-state index contributed by atoms with van der Waals surface area (Å²) in [6.07, 6.45) is 0. The molecule has 0 spiro atoms. The van der Waals surface area contributed by atoms with Gasteiger partial charge in [0.15, 0.2) is 0 Å². The van der Waals surface area contributed by atoms with Crippen LogP contribution in [0.4, 0.5) is 0 Å². The van der Waals surface area contributed by atoms with Gasteiger partial charge in [-0.3, -0.25) is 0 Å². The van der Waals surface area contributed by atoms with Crippen LogP contribution in [0.3, 0.4) is 0 Å². The van der Waals surface area contributed by atoms with Gasteiger partial charge in [-0.25, -0.2) is 0 Å².